The summed E-state index contributed by atoms with van der Waals surface area (Å²) in [6.45, 7) is 7.96. The minimum Gasteiger partial charge on any atom is -0.298 e. The van der Waals surface area contributed by atoms with E-state index in [0.717, 1.165) is 6.42 Å². The molecule has 1 saturated carbocycles. The average molecular weight is 266 g/mol. The van der Waals surface area contributed by atoms with Gasteiger partial charge in [0.15, 0.2) is 23.1 Å². The lowest BCUT2D eigenvalue weighted by atomic mass is 9.58. The summed E-state index contributed by atoms with van der Waals surface area (Å²) in [5.74, 6) is -3.07. The normalized spacial score (nSPS) is 22.7. The molecule has 1 aliphatic carbocycles. The van der Waals surface area contributed by atoms with Crippen LogP contribution >= 0.6 is 0 Å². The van der Waals surface area contributed by atoms with E-state index in [2.05, 4.69) is 0 Å². The van der Waals surface area contributed by atoms with Crippen molar-refractivity contribution >= 4 is 23.1 Å². The number of rotatable bonds is 4. The molecule has 1 rings (SSSR count). The molecular formula is C15H22O4. The van der Waals surface area contributed by atoms with Crippen LogP contribution < -0.4 is 0 Å². The van der Waals surface area contributed by atoms with Gasteiger partial charge in [-0.3, -0.25) is 19.2 Å². The maximum absolute atomic E-state index is 12.3. The number of Topliss-reactive ketones (excluding diaryl/α,β-unsaturated/α-hetero) is 4. The van der Waals surface area contributed by atoms with Crippen LogP contribution in [0.3, 0.4) is 0 Å². The van der Waals surface area contributed by atoms with Gasteiger partial charge in [-0.15, -0.1) is 0 Å². The summed E-state index contributed by atoms with van der Waals surface area (Å²) in [5.41, 5.74) is -2.52. The summed E-state index contributed by atoms with van der Waals surface area (Å²) in [5, 5.41) is 0. The highest BCUT2D eigenvalue weighted by Gasteiger charge is 2.59. The van der Waals surface area contributed by atoms with E-state index in [4.69, 9.17) is 0 Å². The Kier molecular flexibility index (Phi) is 4.13. The molecular weight excluding hydrogens is 244 g/mol. The van der Waals surface area contributed by atoms with Gasteiger partial charge < -0.3 is 0 Å². The second kappa shape index (κ2) is 4.99. The van der Waals surface area contributed by atoms with Crippen molar-refractivity contribution in [2.45, 2.75) is 53.9 Å². The molecule has 0 spiro atoms. The van der Waals surface area contributed by atoms with E-state index in [1.54, 1.807) is 0 Å². The summed E-state index contributed by atoms with van der Waals surface area (Å²) in [6, 6.07) is 0. The van der Waals surface area contributed by atoms with Gasteiger partial charge in [0, 0.05) is 6.42 Å². The smallest absolute Gasteiger partial charge is 0.163 e. The van der Waals surface area contributed by atoms with Crippen molar-refractivity contribution in [1.82, 2.24) is 0 Å². The van der Waals surface area contributed by atoms with Gasteiger partial charge in [-0.1, -0.05) is 13.3 Å². The van der Waals surface area contributed by atoms with Gasteiger partial charge in [-0.25, -0.2) is 0 Å². The van der Waals surface area contributed by atoms with Crippen LogP contribution in [0.2, 0.25) is 0 Å². The molecule has 0 aliphatic heterocycles. The zero-order valence-electron chi connectivity index (χ0n) is 12.3. The predicted molar refractivity (Wildman–Crippen MR) is 70.6 cm³/mol. The quantitative estimate of drug-likeness (QED) is 0.731. The van der Waals surface area contributed by atoms with Crippen LogP contribution in [0.4, 0.5) is 0 Å². The number of hydrogen-bond acceptors (Lipinski definition) is 4. The third-order valence-electron chi connectivity index (χ3n) is 3.99. The second-order valence-corrected chi connectivity index (χ2v) is 6.31. The molecule has 0 unspecified atom stereocenters. The molecule has 0 aromatic heterocycles. The summed E-state index contributed by atoms with van der Waals surface area (Å²) in [4.78, 5) is 48.9. The molecule has 106 valence electrons. The molecule has 0 heterocycles. The van der Waals surface area contributed by atoms with Crippen LogP contribution in [-0.2, 0) is 19.2 Å². The molecule has 0 amide bonds. The van der Waals surface area contributed by atoms with Gasteiger partial charge >= 0.3 is 0 Å². The zero-order valence-corrected chi connectivity index (χ0v) is 12.3. The second-order valence-electron chi connectivity index (χ2n) is 6.31. The molecule has 0 radical (unpaired) electrons. The number of unbranched alkanes of at least 4 members (excludes halogenated alkanes) is 1. The highest BCUT2D eigenvalue weighted by atomic mass is 16.2. The van der Waals surface area contributed by atoms with Gasteiger partial charge in [0.25, 0.3) is 0 Å². The molecule has 0 aromatic carbocycles. The van der Waals surface area contributed by atoms with Crippen molar-refractivity contribution in [3.63, 3.8) is 0 Å². The van der Waals surface area contributed by atoms with E-state index in [-0.39, 0.29) is 12.2 Å². The SMILES string of the molecule is CCCCC(=O)C1C(=O)C(C)(C)C(=O)C(C)(C)C1=O. The van der Waals surface area contributed by atoms with Crippen LogP contribution in [0.25, 0.3) is 0 Å². The molecule has 0 N–H and O–H groups in total. The van der Waals surface area contributed by atoms with Crippen molar-refractivity contribution in [1.29, 1.82) is 0 Å². The zero-order chi connectivity index (χ0) is 15.0. The Labute approximate surface area is 113 Å². The number of ketones is 4. The first-order valence-corrected chi connectivity index (χ1v) is 6.74. The Balaban J connectivity index is 3.18. The number of carbonyl (C=O) groups excluding carboxylic acids is 4. The molecule has 0 bridgehead atoms. The van der Waals surface area contributed by atoms with Gasteiger partial charge in [0.05, 0.1) is 10.8 Å². The molecule has 1 aliphatic rings. The lowest BCUT2D eigenvalue weighted by Gasteiger charge is -2.39. The Hall–Kier alpha value is -1.32. The lowest BCUT2D eigenvalue weighted by Crippen LogP contribution is -2.59. The minimum atomic E-state index is -1.26. The van der Waals surface area contributed by atoms with Crippen molar-refractivity contribution in [3.8, 4) is 0 Å². The maximum atomic E-state index is 12.3. The third-order valence-corrected chi connectivity index (χ3v) is 3.99. The van der Waals surface area contributed by atoms with Crippen molar-refractivity contribution in [3.05, 3.63) is 0 Å². The Bertz CT molecular complexity index is 413. The first-order valence-electron chi connectivity index (χ1n) is 6.74. The van der Waals surface area contributed by atoms with E-state index < -0.39 is 34.1 Å². The minimum absolute atomic E-state index is 0.221. The fraction of sp³-hybridized carbons (Fsp3) is 0.733. The van der Waals surface area contributed by atoms with E-state index in [9.17, 15) is 19.2 Å². The maximum Gasteiger partial charge on any atom is 0.163 e. The molecule has 4 heteroatoms. The molecule has 19 heavy (non-hydrogen) atoms. The van der Waals surface area contributed by atoms with E-state index >= 15 is 0 Å². The predicted octanol–water partition coefficient (Wildman–Crippen LogP) is 2.14. The standard InChI is InChI=1S/C15H22O4/c1-6-7-8-9(16)10-11(17)14(2,3)13(19)15(4,5)12(10)18/h10H,6-8H2,1-5H3. The lowest BCUT2D eigenvalue weighted by molar-refractivity contribution is -0.161. The molecule has 0 saturated heterocycles. The highest BCUT2D eigenvalue weighted by molar-refractivity contribution is 6.35. The fourth-order valence-electron chi connectivity index (χ4n) is 2.63. The fourth-order valence-corrected chi connectivity index (χ4v) is 2.63. The summed E-state index contributed by atoms with van der Waals surface area (Å²) >= 11 is 0. The summed E-state index contributed by atoms with van der Waals surface area (Å²) < 4.78 is 0. The highest BCUT2D eigenvalue weighted by Crippen LogP contribution is 2.41. The average Bonchev–Trinajstić information content (AvgIpc) is 2.33. The van der Waals surface area contributed by atoms with Gasteiger partial charge in [0.2, 0.25) is 0 Å². The van der Waals surface area contributed by atoms with Crippen molar-refractivity contribution < 1.29 is 19.2 Å². The monoisotopic (exact) mass is 266 g/mol. The van der Waals surface area contributed by atoms with E-state index in [1.165, 1.54) is 27.7 Å². The largest absolute Gasteiger partial charge is 0.298 e. The Morgan fingerprint density at radius 1 is 1.00 bits per heavy atom. The first-order chi connectivity index (χ1) is 8.58. The molecule has 1 fully saturated rings. The molecule has 0 aromatic rings. The first kappa shape index (κ1) is 15.7. The van der Waals surface area contributed by atoms with Crippen LogP contribution in [0.1, 0.15) is 53.9 Å². The van der Waals surface area contributed by atoms with Crippen LogP contribution in [0, 0.1) is 16.7 Å². The Morgan fingerprint density at radius 2 is 1.42 bits per heavy atom. The van der Waals surface area contributed by atoms with Crippen LogP contribution in [0.5, 0.6) is 0 Å². The summed E-state index contributed by atoms with van der Waals surface area (Å²) in [7, 11) is 0. The van der Waals surface area contributed by atoms with E-state index in [0.29, 0.717) is 6.42 Å². The van der Waals surface area contributed by atoms with Crippen LogP contribution in [-0.4, -0.2) is 23.1 Å². The molecule has 4 nitrogen and oxygen atoms in total. The van der Waals surface area contributed by atoms with E-state index in [1.807, 2.05) is 6.92 Å². The third kappa shape index (κ3) is 2.40. The van der Waals surface area contributed by atoms with Crippen LogP contribution in [0.15, 0.2) is 0 Å². The molecule has 0 atom stereocenters. The summed E-state index contributed by atoms with van der Waals surface area (Å²) in [6.07, 6.45) is 1.70. The van der Waals surface area contributed by atoms with Gasteiger partial charge in [-0.2, -0.15) is 0 Å². The number of carbonyl (C=O) groups is 4. The number of hydrogen-bond donors (Lipinski definition) is 0. The van der Waals surface area contributed by atoms with Crippen molar-refractivity contribution in [2.24, 2.45) is 16.7 Å². The van der Waals surface area contributed by atoms with Gasteiger partial charge in [0.1, 0.15) is 5.92 Å². The Morgan fingerprint density at radius 3 is 1.79 bits per heavy atom. The topological polar surface area (TPSA) is 68.3 Å². The van der Waals surface area contributed by atoms with Crippen molar-refractivity contribution in [2.75, 3.05) is 0 Å². The van der Waals surface area contributed by atoms with Gasteiger partial charge in [-0.05, 0) is 34.1 Å².